The molecule has 0 aliphatic heterocycles. The van der Waals surface area contributed by atoms with Gasteiger partial charge in [0.15, 0.2) is 5.78 Å². The van der Waals surface area contributed by atoms with Gasteiger partial charge in [-0.1, -0.05) is 62.7 Å². The quantitative estimate of drug-likeness (QED) is 0.122. The van der Waals surface area contributed by atoms with Crippen LogP contribution in [0.25, 0.3) is 0 Å². The third-order valence-electron chi connectivity index (χ3n) is 6.73. The van der Waals surface area contributed by atoms with Gasteiger partial charge < -0.3 is 42.0 Å². The molecule has 2 aromatic carbocycles. The van der Waals surface area contributed by atoms with Crippen LogP contribution in [0.5, 0.6) is 5.75 Å². The molecule has 0 saturated carbocycles. The number of hydrogen-bond donors (Lipinski definition) is 7. The fourth-order valence-corrected chi connectivity index (χ4v) is 4.04. The number of phenols is 1. The van der Waals surface area contributed by atoms with E-state index in [1.807, 2.05) is 19.9 Å². The van der Waals surface area contributed by atoms with Crippen LogP contribution in [0.3, 0.4) is 0 Å². The third-order valence-corrected chi connectivity index (χ3v) is 6.73. The normalized spacial score (nSPS) is 13.4. The van der Waals surface area contributed by atoms with Crippen molar-refractivity contribution in [1.29, 1.82) is 0 Å². The van der Waals surface area contributed by atoms with E-state index in [-0.39, 0.29) is 43.4 Å². The number of hydrogen-bond acceptors (Lipinski definition) is 8. The van der Waals surface area contributed by atoms with Gasteiger partial charge in [-0.2, -0.15) is 0 Å². The summed E-state index contributed by atoms with van der Waals surface area (Å²) in [6.07, 6.45) is 1.77. The second-order valence-corrected chi connectivity index (χ2v) is 10.3. The van der Waals surface area contributed by atoms with Crippen molar-refractivity contribution in [2.45, 2.75) is 64.3 Å². The second-order valence-electron chi connectivity index (χ2n) is 10.3. The van der Waals surface area contributed by atoms with Crippen LogP contribution in [0.4, 0.5) is 9.59 Å². The highest BCUT2D eigenvalue weighted by Gasteiger charge is 2.30. The zero-order valence-corrected chi connectivity index (χ0v) is 25.0. The van der Waals surface area contributed by atoms with Crippen LogP contribution >= 0.6 is 0 Å². The van der Waals surface area contributed by atoms with Gasteiger partial charge in [-0.3, -0.25) is 14.4 Å². The lowest BCUT2D eigenvalue weighted by Crippen LogP contribution is -2.57. The molecule has 13 heteroatoms. The van der Waals surface area contributed by atoms with Crippen molar-refractivity contribution in [2.24, 2.45) is 11.7 Å². The summed E-state index contributed by atoms with van der Waals surface area (Å²) in [5.41, 5.74) is 6.41. The summed E-state index contributed by atoms with van der Waals surface area (Å²) < 4.78 is 5.13. The Morgan fingerprint density at radius 2 is 1.52 bits per heavy atom. The SMILES string of the molecule is CCC(C)[CH]C(=O)[C@@H](CCCNC(N)=O)NC(=O)[C@H](Cc1ccc(O)cc1)NC(=O)[C@H](CO)NC(=O)OCc1ccccc1. The molecule has 0 saturated heterocycles. The molecule has 0 aromatic heterocycles. The molecule has 44 heavy (non-hydrogen) atoms. The molecule has 1 radical (unpaired) electrons. The Balaban J connectivity index is 2.17. The minimum absolute atomic E-state index is 0.00755. The van der Waals surface area contributed by atoms with Crippen molar-refractivity contribution in [3.8, 4) is 5.75 Å². The molecule has 0 spiro atoms. The molecule has 0 fully saturated rings. The van der Waals surface area contributed by atoms with Gasteiger partial charge in [0.1, 0.15) is 24.4 Å². The standard InChI is InChI=1S/C31H42N5O8/c1-3-20(2)16-27(39)24(10-7-15-33-30(32)42)34-28(40)25(17-21-11-13-23(38)14-12-21)35-29(41)26(18-37)36-31(43)44-19-22-8-5-4-6-9-22/h4-6,8-9,11-14,16,20,24-26,37-38H,3,7,10,15,17-19H2,1-2H3,(H,34,40)(H,35,41)(H,36,43)(H3,32,33,42)/t20?,24-,25+,26+/m1/s1. The van der Waals surface area contributed by atoms with Gasteiger partial charge in [-0.25, -0.2) is 9.59 Å². The van der Waals surface area contributed by atoms with E-state index in [4.69, 9.17) is 10.5 Å². The fourth-order valence-electron chi connectivity index (χ4n) is 4.04. The number of nitrogens with one attached hydrogen (secondary N) is 4. The van der Waals surface area contributed by atoms with Crippen LogP contribution in [0, 0.1) is 12.3 Å². The fraction of sp³-hybridized carbons (Fsp3) is 0.419. The van der Waals surface area contributed by atoms with E-state index in [1.165, 1.54) is 18.6 Å². The third kappa shape index (κ3) is 13.1. The number of aromatic hydroxyl groups is 1. The van der Waals surface area contributed by atoms with Crippen LogP contribution in [-0.2, 0) is 32.1 Å². The number of amides is 5. The Kier molecular flexibility index (Phi) is 15.2. The Morgan fingerprint density at radius 1 is 0.886 bits per heavy atom. The number of ether oxygens (including phenoxy) is 1. The molecule has 2 aromatic rings. The number of nitrogens with two attached hydrogens (primary N) is 1. The number of primary amides is 1. The van der Waals surface area contributed by atoms with Gasteiger partial charge in [-0.05, 0) is 42.0 Å². The first-order chi connectivity index (χ1) is 21.0. The molecule has 0 heterocycles. The van der Waals surface area contributed by atoms with Crippen molar-refractivity contribution >= 4 is 29.7 Å². The van der Waals surface area contributed by atoms with E-state index in [1.54, 1.807) is 36.4 Å². The molecule has 1 unspecified atom stereocenters. The summed E-state index contributed by atoms with van der Waals surface area (Å²) in [6.45, 7) is 3.14. The van der Waals surface area contributed by atoms with Crippen LogP contribution in [-0.4, -0.2) is 71.2 Å². The van der Waals surface area contributed by atoms with Crippen molar-refractivity contribution in [1.82, 2.24) is 21.3 Å². The molecule has 13 nitrogen and oxygen atoms in total. The van der Waals surface area contributed by atoms with Gasteiger partial charge in [0.25, 0.3) is 0 Å². The minimum atomic E-state index is -1.44. The highest BCUT2D eigenvalue weighted by atomic mass is 16.5. The number of Topliss-reactive ketones (excluding diaryl/α,β-unsaturated/α-hetero) is 1. The maximum atomic E-state index is 13.5. The Labute approximate surface area is 256 Å². The average Bonchev–Trinajstić information content (AvgIpc) is 3.01. The van der Waals surface area contributed by atoms with Gasteiger partial charge in [0.05, 0.1) is 12.6 Å². The first-order valence-electron chi connectivity index (χ1n) is 14.4. The van der Waals surface area contributed by atoms with Crippen LogP contribution < -0.4 is 27.0 Å². The molecule has 0 aliphatic carbocycles. The Hall–Kier alpha value is -4.65. The van der Waals surface area contributed by atoms with Gasteiger partial charge >= 0.3 is 12.1 Å². The first-order valence-corrected chi connectivity index (χ1v) is 14.4. The number of rotatable bonds is 18. The smallest absolute Gasteiger partial charge is 0.408 e. The molecular formula is C31H42N5O8. The van der Waals surface area contributed by atoms with Crippen molar-refractivity contribution in [3.05, 3.63) is 72.1 Å². The number of urea groups is 1. The first kappa shape index (κ1) is 35.5. The van der Waals surface area contributed by atoms with Crippen LogP contribution in [0.15, 0.2) is 54.6 Å². The van der Waals surface area contributed by atoms with Gasteiger partial charge in [-0.15, -0.1) is 0 Å². The summed E-state index contributed by atoms with van der Waals surface area (Å²) in [5, 5.41) is 29.5. The Bertz CT molecular complexity index is 1230. The van der Waals surface area contributed by atoms with E-state index in [0.29, 0.717) is 18.4 Å². The minimum Gasteiger partial charge on any atom is -0.508 e. The number of phenolic OH excluding ortho intramolecular Hbond substituents is 1. The van der Waals surface area contributed by atoms with E-state index in [9.17, 15) is 34.2 Å². The lowest BCUT2D eigenvalue weighted by Gasteiger charge is -2.25. The van der Waals surface area contributed by atoms with E-state index < -0.39 is 48.7 Å². The summed E-state index contributed by atoms with van der Waals surface area (Å²) in [4.78, 5) is 63.1. The molecular weight excluding hydrogens is 570 g/mol. The lowest BCUT2D eigenvalue weighted by molar-refractivity contribution is -0.132. The van der Waals surface area contributed by atoms with Gasteiger partial charge in [0, 0.05) is 19.4 Å². The molecule has 239 valence electrons. The second kappa shape index (κ2) is 18.8. The monoisotopic (exact) mass is 612 g/mol. The molecule has 0 aliphatic rings. The average molecular weight is 613 g/mol. The van der Waals surface area contributed by atoms with E-state index >= 15 is 0 Å². The molecule has 2 rings (SSSR count). The highest BCUT2D eigenvalue weighted by molar-refractivity contribution is 5.97. The largest absolute Gasteiger partial charge is 0.508 e. The summed E-state index contributed by atoms with van der Waals surface area (Å²) in [5.74, 6) is -1.90. The molecule has 8 N–H and O–H groups in total. The summed E-state index contributed by atoms with van der Waals surface area (Å²) in [7, 11) is 0. The number of ketones is 1. The molecule has 0 bridgehead atoms. The summed E-state index contributed by atoms with van der Waals surface area (Å²) >= 11 is 0. The predicted octanol–water partition coefficient (Wildman–Crippen LogP) is 1.46. The number of aliphatic hydroxyl groups is 1. The summed E-state index contributed by atoms with van der Waals surface area (Å²) in [6, 6.07) is 10.5. The zero-order valence-electron chi connectivity index (χ0n) is 25.0. The number of alkyl carbamates (subject to hydrolysis) is 1. The number of aliphatic hydroxyl groups excluding tert-OH is 1. The number of benzene rings is 2. The van der Waals surface area contributed by atoms with Gasteiger partial charge in [0.2, 0.25) is 11.8 Å². The Morgan fingerprint density at radius 3 is 2.14 bits per heavy atom. The molecule has 5 amide bonds. The van der Waals surface area contributed by atoms with Crippen LogP contribution in [0.1, 0.15) is 44.2 Å². The maximum absolute atomic E-state index is 13.5. The van der Waals surface area contributed by atoms with E-state index in [0.717, 1.165) is 5.56 Å². The lowest BCUT2D eigenvalue weighted by atomic mass is 9.95. The van der Waals surface area contributed by atoms with Crippen molar-refractivity contribution in [3.63, 3.8) is 0 Å². The van der Waals surface area contributed by atoms with E-state index in [2.05, 4.69) is 21.3 Å². The topological polar surface area (TPSA) is 209 Å². The van der Waals surface area contributed by atoms with Crippen molar-refractivity contribution < 1.29 is 38.9 Å². The highest BCUT2D eigenvalue weighted by Crippen LogP contribution is 2.14. The van der Waals surface area contributed by atoms with Crippen molar-refractivity contribution in [2.75, 3.05) is 13.2 Å². The number of carbonyl (C=O) groups is 5. The number of carbonyl (C=O) groups excluding carboxylic acids is 5. The van der Waals surface area contributed by atoms with Crippen LogP contribution in [0.2, 0.25) is 0 Å². The maximum Gasteiger partial charge on any atom is 0.408 e. The predicted molar refractivity (Wildman–Crippen MR) is 162 cm³/mol. The molecule has 4 atom stereocenters. The zero-order chi connectivity index (χ0) is 32.5.